The molecule has 2 aromatic rings. The second kappa shape index (κ2) is 39.2. The number of phenols is 1. The van der Waals surface area contributed by atoms with Crippen LogP contribution in [0.1, 0.15) is 82.8 Å². The quantitative estimate of drug-likeness (QED) is 0.0171. The molecule has 92 heavy (non-hydrogen) atoms. The molecule has 0 spiro atoms. The molecule has 33 nitrogen and oxygen atoms in total. The highest BCUT2D eigenvalue weighted by Gasteiger charge is 2.41. The zero-order valence-electron chi connectivity index (χ0n) is 51.6. The molecule has 2 aromatic carbocycles. The van der Waals surface area contributed by atoms with Gasteiger partial charge in [0.25, 0.3) is 0 Å². The fraction of sp³-hybridized carbons (Fsp3) is 0.544. The number of fused-ring (bicyclic) bond motifs is 1. The molecule has 0 radical (unpaired) electrons. The van der Waals surface area contributed by atoms with Crippen molar-refractivity contribution in [2.24, 2.45) is 66.8 Å². The number of carbonyl (C=O) groups is 11. The first kappa shape index (κ1) is 75.3. The first-order valence-electron chi connectivity index (χ1n) is 30.0. The second-order valence-corrected chi connectivity index (χ2v) is 24.5. The molecule has 2 aliphatic heterocycles. The highest BCUT2D eigenvalue weighted by Crippen LogP contribution is 2.25. The summed E-state index contributed by atoms with van der Waals surface area (Å²) in [6.45, 7) is 2.36. The third-order valence-electron chi connectivity index (χ3n) is 14.7. The van der Waals surface area contributed by atoms with Gasteiger partial charge in [0.2, 0.25) is 65.0 Å². The van der Waals surface area contributed by atoms with Crippen molar-refractivity contribution >= 4 is 104 Å². The number of aromatic hydroxyl groups is 1. The van der Waals surface area contributed by atoms with Crippen LogP contribution in [0.3, 0.4) is 0 Å². The molecule has 11 amide bonds. The number of rotatable bonds is 27. The van der Waals surface area contributed by atoms with Gasteiger partial charge in [-0.1, -0.05) is 84.3 Å². The summed E-state index contributed by atoms with van der Waals surface area (Å²) in [7, 11) is 1.93. The number of carbonyl (C=O) groups excluding carboxylic acids is 11. The van der Waals surface area contributed by atoms with Crippen molar-refractivity contribution in [3.05, 3.63) is 65.7 Å². The van der Waals surface area contributed by atoms with Crippen molar-refractivity contribution in [2.45, 2.75) is 139 Å². The fourth-order valence-electron chi connectivity index (χ4n) is 9.54. The molecule has 2 saturated heterocycles. The minimum atomic E-state index is -1.56. The summed E-state index contributed by atoms with van der Waals surface area (Å²) in [5, 5.41) is 33.2. The van der Waals surface area contributed by atoms with E-state index in [4.69, 9.17) is 45.9 Å². The fourth-order valence-corrected chi connectivity index (χ4v) is 11.9. The van der Waals surface area contributed by atoms with Crippen molar-refractivity contribution in [1.82, 2.24) is 52.8 Å². The monoisotopic (exact) mass is 1320 g/mol. The van der Waals surface area contributed by atoms with Gasteiger partial charge in [-0.15, -0.1) is 0 Å². The first-order valence-corrected chi connectivity index (χ1v) is 32.5. The second-order valence-electron chi connectivity index (χ2n) is 22.0. The lowest BCUT2D eigenvalue weighted by Crippen LogP contribution is -2.61. The SMILES string of the molecule is CC[C@H](C)[C@@H]1NC(=O)C(CCCN=C(N)N)NC(=O)C(CCCN=C(N)N)NC(=O)[C@@H](NC(=O)[C@H](Cc2ccccc2)NC(=O)CNC(=O)CNC(=O)[C@@H](N)Cc2ccc(O)cc2)CSSC[C@H](C(N)=O)NC(=O)[C@@H]2CCCN2C(=O)[C@H](CCCN=C(N)N)NC1=O. The predicted octanol–water partition coefficient (Wildman–Crippen LogP) is -5.79. The Morgan fingerprint density at radius 3 is 1.74 bits per heavy atom. The van der Waals surface area contributed by atoms with Crippen LogP contribution in [0.2, 0.25) is 0 Å². The lowest BCUT2D eigenvalue weighted by molar-refractivity contribution is -0.142. The van der Waals surface area contributed by atoms with E-state index < -0.39 is 138 Å². The maximum absolute atomic E-state index is 14.8. The Morgan fingerprint density at radius 1 is 0.630 bits per heavy atom. The molecule has 0 saturated carbocycles. The molecule has 2 unspecified atom stereocenters. The smallest absolute Gasteiger partial charge is 0.245 e. The number of guanidine groups is 3. The third kappa shape index (κ3) is 26.8. The number of hydrogen-bond donors (Lipinski definition) is 18. The van der Waals surface area contributed by atoms with Crippen molar-refractivity contribution in [3.63, 3.8) is 0 Å². The van der Waals surface area contributed by atoms with Gasteiger partial charge < -0.3 is 104 Å². The summed E-state index contributed by atoms with van der Waals surface area (Å²) in [4.78, 5) is 168. The minimum Gasteiger partial charge on any atom is -0.508 e. The molecular weight excluding hydrogens is 1230 g/mol. The summed E-state index contributed by atoms with van der Waals surface area (Å²) < 4.78 is 0. The Kier molecular flexibility index (Phi) is 32.1. The van der Waals surface area contributed by atoms with Crippen LogP contribution < -0.4 is 93.7 Å². The molecule has 506 valence electrons. The van der Waals surface area contributed by atoms with Gasteiger partial charge in [-0.2, -0.15) is 0 Å². The van der Waals surface area contributed by atoms with Crippen molar-refractivity contribution in [1.29, 1.82) is 0 Å². The van der Waals surface area contributed by atoms with E-state index in [9.17, 15) is 57.8 Å². The largest absolute Gasteiger partial charge is 0.508 e. The van der Waals surface area contributed by atoms with Crippen LogP contribution in [-0.4, -0.2) is 198 Å². The van der Waals surface area contributed by atoms with E-state index in [1.54, 1.807) is 56.3 Å². The Bertz CT molecular complexity index is 2930. The van der Waals surface area contributed by atoms with Gasteiger partial charge in [0.05, 0.1) is 19.1 Å². The summed E-state index contributed by atoms with van der Waals surface area (Å²) in [6.07, 6.45) is 0.895. The van der Waals surface area contributed by atoms with Crippen LogP contribution >= 0.6 is 21.6 Å². The standard InChI is InChI=1S/C57H89N21O12S2/c1-3-31(2)45-53(89)74-38(15-9-23-68-57(64)65)54(90)78-24-10-16-42(78)52(88)75-40(46(59)82)29-91-92-30-41(51(87)73-36(13-7-21-66-55(60)61)48(84)72-37(49(85)77-45)14-8-22-67-56(62)63)76-50(86)39(26-32-11-5-4-6-12-32)71-44(81)28-69-43(80)27-70-47(83)35(58)25-33-17-19-34(79)20-18-33/h4-6,11-12,17-20,31,35-42,45,79H,3,7-10,13-16,21-30,58H2,1-2H3,(H2,59,82)(H,69,80)(H,70,83)(H,71,81)(H,72,84)(H,73,87)(H,74,89)(H,75,88)(H,76,86)(H,77,85)(H4,60,61,66)(H4,62,63,67)(H4,64,65,68)/t31-,35-,36?,37?,38-,39-,40+,41-,42-,45-/m0/s1. The molecular formula is C57H89N21O12S2. The minimum absolute atomic E-state index is 0.00647. The summed E-state index contributed by atoms with van der Waals surface area (Å²) in [5.74, 6) is -10.8. The van der Waals surface area contributed by atoms with Gasteiger partial charge in [0, 0.05) is 44.1 Å². The predicted molar refractivity (Wildman–Crippen MR) is 347 cm³/mol. The van der Waals surface area contributed by atoms with Crippen molar-refractivity contribution in [2.75, 3.05) is 50.8 Å². The number of hydrogen-bond acceptors (Lipinski definition) is 18. The first-order chi connectivity index (χ1) is 43.8. The number of aliphatic imine (C=N–C) groups is 3. The summed E-state index contributed by atoms with van der Waals surface area (Å²) in [6, 6.07) is 2.47. The molecule has 0 aliphatic carbocycles. The lowest BCUT2D eigenvalue weighted by Gasteiger charge is -2.32. The van der Waals surface area contributed by atoms with Crippen molar-refractivity contribution in [3.8, 4) is 5.75 Å². The molecule has 2 fully saturated rings. The maximum Gasteiger partial charge on any atom is 0.245 e. The molecule has 35 heteroatoms. The van der Waals surface area contributed by atoms with Crippen LogP contribution in [0.25, 0.3) is 0 Å². The normalized spacial score (nSPS) is 21.3. The van der Waals surface area contributed by atoms with E-state index in [0.717, 1.165) is 21.6 Å². The number of amides is 11. The van der Waals surface area contributed by atoms with Gasteiger partial charge in [-0.3, -0.25) is 67.7 Å². The molecule has 2 heterocycles. The average molecular weight is 1320 g/mol. The van der Waals surface area contributed by atoms with Crippen LogP contribution in [0.15, 0.2) is 69.6 Å². The van der Waals surface area contributed by atoms with Crippen molar-refractivity contribution < 1.29 is 57.8 Å². The lowest BCUT2D eigenvalue weighted by atomic mass is 9.96. The van der Waals surface area contributed by atoms with Gasteiger partial charge in [0.1, 0.15) is 54.1 Å². The topological polar surface area (TPSA) is 565 Å². The van der Waals surface area contributed by atoms with E-state index in [1.807, 2.05) is 0 Å². The average Bonchev–Trinajstić information content (AvgIpc) is 1.62. The Labute approximate surface area is 540 Å². The summed E-state index contributed by atoms with van der Waals surface area (Å²) in [5.41, 5.74) is 46.6. The maximum atomic E-state index is 14.8. The third-order valence-corrected chi connectivity index (χ3v) is 17.1. The number of nitrogens with two attached hydrogens (primary N) is 8. The van der Waals surface area contributed by atoms with Gasteiger partial charge in [-0.05, 0) is 87.0 Å². The highest BCUT2D eigenvalue weighted by molar-refractivity contribution is 8.76. The van der Waals surface area contributed by atoms with E-state index in [2.05, 4.69) is 62.8 Å². The van der Waals surface area contributed by atoms with E-state index in [-0.39, 0.29) is 119 Å². The van der Waals surface area contributed by atoms with Crippen LogP contribution in [0, 0.1) is 5.92 Å². The number of benzene rings is 2. The molecule has 26 N–H and O–H groups in total. The Balaban J connectivity index is 1.73. The van der Waals surface area contributed by atoms with Gasteiger partial charge in [0.15, 0.2) is 17.9 Å². The van der Waals surface area contributed by atoms with Crippen LogP contribution in [-0.2, 0) is 65.6 Å². The zero-order valence-corrected chi connectivity index (χ0v) is 53.2. The molecule has 10 atom stereocenters. The number of nitrogens with zero attached hydrogens (tertiary/aromatic N) is 4. The summed E-state index contributed by atoms with van der Waals surface area (Å²) >= 11 is 0. The molecule has 0 aromatic heterocycles. The molecule has 2 aliphatic rings. The number of phenolic OH excluding ortho intramolecular Hbond substituents is 1. The number of primary amides is 1. The zero-order chi connectivity index (χ0) is 67.9. The Morgan fingerprint density at radius 2 is 1.16 bits per heavy atom. The van der Waals surface area contributed by atoms with E-state index in [0.29, 0.717) is 24.0 Å². The van der Waals surface area contributed by atoms with Crippen LogP contribution in [0.4, 0.5) is 0 Å². The van der Waals surface area contributed by atoms with E-state index >= 15 is 0 Å². The number of nitrogens with one attached hydrogen (secondary N) is 9. The van der Waals surface area contributed by atoms with Crippen LogP contribution in [0.5, 0.6) is 5.75 Å². The van der Waals surface area contributed by atoms with Gasteiger partial charge >= 0.3 is 0 Å². The molecule has 0 bridgehead atoms. The highest BCUT2D eigenvalue weighted by atomic mass is 33.1. The molecule has 4 rings (SSSR count). The van der Waals surface area contributed by atoms with Gasteiger partial charge in [-0.25, -0.2) is 0 Å². The van der Waals surface area contributed by atoms with E-state index in [1.165, 1.54) is 17.0 Å². The Hall–Kier alpha value is -9.12.